The predicted octanol–water partition coefficient (Wildman–Crippen LogP) is -0.0837. The molecule has 0 amide bonds. The van der Waals surface area contributed by atoms with Crippen LogP contribution in [0, 0.1) is 0 Å². The third-order valence-electron chi connectivity index (χ3n) is 2.24. The van der Waals surface area contributed by atoms with E-state index in [-0.39, 0.29) is 43.8 Å². The van der Waals surface area contributed by atoms with Crippen LogP contribution in [0.15, 0.2) is 28.6 Å². The van der Waals surface area contributed by atoms with Crippen molar-refractivity contribution in [2.45, 2.75) is 17.2 Å². The molecule has 0 N–H and O–H groups in total. The van der Waals surface area contributed by atoms with Crippen LogP contribution in [0.1, 0.15) is 14.3 Å². The summed E-state index contributed by atoms with van der Waals surface area (Å²) in [6.07, 6.45) is 0.0281. The number of nitrogens with zero attached hydrogens (tertiary/aromatic N) is 1. The first-order chi connectivity index (χ1) is 9.19. The number of carbonyl (C=O) groups excluding carboxylic acids is 2. The summed E-state index contributed by atoms with van der Waals surface area (Å²) < 4.78 is 11.1. The minimum absolute atomic E-state index is 0. The van der Waals surface area contributed by atoms with E-state index in [9.17, 15) is 9.59 Å². The van der Waals surface area contributed by atoms with E-state index in [2.05, 4.69) is 9.72 Å². The molecule has 2 rings (SSSR count). The van der Waals surface area contributed by atoms with Gasteiger partial charge in [-0.1, -0.05) is 12.1 Å². The summed E-state index contributed by atoms with van der Waals surface area (Å²) in [5, 5.41) is 0. The van der Waals surface area contributed by atoms with Crippen LogP contribution in [0.2, 0.25) is 0 Å². The summed E-state index contributed by atoms with van der Waals surface area (Å²) in [5.74, 6) is -0.892. The number of rotatable bonds is 5. The van der Waals surface area contributed by atoms with Crippen LogP contribution in [0.25, 0.3) is 10.2 Å². The molecule has 0 bridgehead atoms. The average Bonchev–Trinajstić information content (AvgIpc) is 2.85. The van der Waals surface area contributed by atoms with Crippen LogP contribution in [-0.2, 0) is 18.5 Å². The van der Waals surface area contributed by atoms with Gasteiger partial charge < -0.3 is 10.3 Å². The first kappa shape index (κ1) is 17.5. The molecule has 1 aromatic heterocycles. The van der Waals surface area contributed by atoms with Crippen molar-refractivity contribution in [2.75, 3.05) is 7.11 Å². The van der Waals surface area contributed by atoms with Crippen molar-refractivity contribution in [2.24, 2.45) is 0 Å². The maximum absolute atomic E-state index is 11.4. The van der Waals surface area contributed by atoms with Gasteiger partial charge in [-0.2, -0.15) is 0 Å². The van der Waals surface area contributed by atoms with Gasteiger partial charge in [0.1, 0.15) is 12.0 Å². The Bertz CT molecular complexity index is 575. The van der Waals surface area contributed by atoms with Crippen molar-refractivity contribution in [1.29, 1.82) is 0 Å². The summed E-state index contributed by atoms with van der Waals surface area (Å²) in [6.45, 7) is 0. The molecule has 20 heavy (non-hydrogen) atoms. The zero-order valence-corrected chi connectivity index (χ0v) is 14.8. The number of hydrogen-bond donors (Lipinski definition) is 0. The Morgan fingerprint density at radius 1 is 1.30 bits per heavy atom. The van der Waals surface area contributed by atoms with E-state index in [1.54, 1.807) is 0 Å². The molecule has 0 atom stereocenters. The number of methoxy groups -OCH3 is 1. The Morgan fingerprint density at radius 3 is 2.70 bits per heavy atom. The Kier molecular flexibility index (Phi) is 7.53. The van der Waals surface area contributed by atoms with Crippen molar-refractivity contribution in [3.63, 3.8) is 0 Å². The molecular weight excluding hydrogens is 309 g/mol. The largest absolute Gasteiger partial charge is 1.00 e. The van der Waals surface area contributed by atoms with Gasteiger partial charge in [-0.15, -0.1) is 11.3 Å². The van der Waals surface area contributed by atoms with Gasteiger partial charge in [0.15, 0.2) is 4.34 Å². The van der Waals surface area contributed by atoms with Gasteiger partial charge in [0, 0.05) is 0 Å². The molecule has 0 aliphatic carbocycles. The monoisotopic (exact) mass is 321 g/mol. The minimum Gasteiger partial charge on any atom is -1.00 e. The molecule has 1 aromatic carbocycles. The molecular formula is C12H12NNaO4S2. The quantitative estimate of drug-likeness (QED) is 0.436. The second-order valence-corrected chi connectivity index (χ2v) is 5.57. The Balaban J connectivity index is 0.00000200. The van der Waals surface area contributed by atoms with Crippen LogP contribution < -0.4 is 29.6 Å². The summed E-state index contributed by atoms with van der Waals surface area (Å²) >= 11 is 2.37. The van der Waals surface area contributed by atoms with Crippen LogP contribution in [0.3, 0.4) is 0 Å². The van der Waals surface area contributed by atoms with Crippen molar-refractivity contribution in [1.82, 2.24) is 4.98 Å². The predicted molar refractivity (Wildman–Crippen MR) is 73.9 cm³/mol. The van der Waals surface area contributed by atoms with Crippen LogP contribution >= 0.6 is 23.4 Å². The van der Waals surface area contributed by atoms with Crippen molar-refractivity contribution in [3.05, 3.63) is 24.3 Å². The maximum atomic E-state index is 11.4. The SMILES string of the molecule is COC(=O)CCC(=O)OSc1nc2ccccc2s1.[H-].[Na+]. The molecule has 5 nitrogen and oxygen atoms in total. The Hall–Kier alpha value is -0.600. The number of hydrogen-bond acceptors (Lipinski definition) is 7. The molecule has 0 aliphatic heterocycles. The second kappa shape index (κ2) is 8.63. The van der Waals surface area contributed by atoms with Gasteiger partial charge >= 0.3 is 41.5 Å². The molecule has 102 valence electrons. The molecule has 0 fully saturated rings. The number of ether oxygens (including phenoxy) is 1. The van der Waals surface area contributed by atoms with Crippen molar-refractivity contribution >= 4 is 45.5 Å². The van der Waals surface area contributed by atoms with Crippen LogP contribution in [0.5, 0.6) is 0 Å². The van der Waals surface area contributed by atoms with Gasteiger partial charge in [0.05, 0.1) is 30.2 Å². The normalized spacial score (nSPS) is 9.85. The van der Waals surface area contributed by atoms with Gasteiger partial charge in [-0.3, -0.25) is 9.59 Å². The van der Waals surface area contributed by atoms with E-state index >= 15 is 0 Å². The molecule has 0 saturated carbocycles. The molecule has 0 unspecified atom stereocenters. The zero-order chi connectivity index (χ0) is 13.7. The molecule has 8 heteroatoms. The van der Waals surface area contributed by atoms with Gasteiger partial charge in [-0.05, 0) is 12.1 Å². The van der Waals surface area contributed by atoms with E-state index in [4.69, 9.17) is 4.18 Å². The molecule has 0 radical (unpaired) electrons. The smallest absolute Gasteiger partial charge is 1.00 e. The third kappa shape index (κ3) is 5.06. The van der Waals surface area contributed by atoms with Gasteiger partial charge in [0.2, 0.25) is 0 Å². The molecule has 0 spiro atoms. The first-order valence-corrected chi connectivity index (χ1v) is 7.04. The van der Waals surface area contributed by atoms with E-state index in [0.717, 1.165) is 22.3 Å². The van der Waals surface area contributed by atoms with Gasteiger partial charge in [-0.25, -0.2) is 4.98 Å². The fraction of sp³-hybridized carbons (Fsp3) is 0.250. The first-order valence-electron chi connectivity index (χ1n) is 5.49. The Labute approximate surface area is 148 Å². The Morgan fingerprint density at radius 2 is 2.00 bits per heavy atom. The summed E-state index contributed by atoms with van der Waals surface area (Å²) in [6, 6.07) is 7.68. The zero-order valence-electron chi connectivity index (χ0n) is 12.1. The van der Waals surface area contributed by atoms with Crippen molar-refractivity contribution < 1.29 is 49.5 Å². The topological polar surface area (TPSA) is 65.5 Å². The molecule has 1 heterocycles. The third-order valence-corrected chi connectivity index (χ3v) is 4.03. The molecule has 2 aromatic rings. The van der Waals surface area contributed by atoms with Crippen LogP contribution in [0.4, 0.5) is 0 Å². The van der Waals surface area contributed by atoms with E-state index in [1.807, 2.05) is 24.3 Å². The molecule has 0 aliphatic rings. The van der Waals surface area contributed by atoms with Gasteiger partial charge in [0.25, 0.3) is 0 Å². The minimum atomic E-state index is -0.463. The van der Waals surface area contributed by atoms with E-state index in [1.165, 1.54) is 18.4 Å². The van der Waals surface area contributed by atoms with Crippen molar-refractivity contribution in [3.8, 4) is 0 Å². The summed E-state index contributed by atoms with van der Waals surface area (Å²) in [5.41, 5.74) is 0.876. The fourth-order valence-electron chi connectivity index (χ4n) is 1.32. The standard InChI is InChI=1S/C12H11NO4S2.Na.H/c1-16-10(14)6-7-11(15)17-19-12-13-8-4-2-3-5-9(8)18-12;;/h2-5H,6-7H2,1H3;;/q;+1;-1. The fourth-order valence-corrected chi connectivity index (χ4v) is 2.90. The van der Waals surface area contributed by atoms with Crippen LogP contribution in [-0.4, -0.2) is 24.0 Å². The number of fused-ring (bicyclic) bond motifs is 1. The number of aromatic nitrogens is 1. The number of carbonyl (C=O) groups is 2. The summed E-state index contributed by atoms with van der Waals surface area (Å²) in [4.78, 5) is 26.5. The van der Waals surface area contributed by atoms with E-state index < -0.39 is 11.9 Å². The maximum Gasteiger partial charge on any atom is 1.00 e. The summed E-state index contributed by atoms with van der Waals surface area (Å²) in [7, 11) is 1.28. The van der Waals surface area contributed by atoms with E-state index in [0.29, 0.717) is 4.34 Å². The number of thiazole rings is 1. The number of benzene rings is 1. The number of esters is 1. The molecule has 0 saturated heterocycles. The number of para-hydroxylation sites is 1. The second-order valence-electron chi connectivity index (χ2n) is 3.56. The average molecular weight is 321 g/mol.